The van der Waals surface area contributed by atoms with E-state index in [1.807, 2.05) is 16.2 Å². The Labute approximate surface area is 232 Å². The molecule has 0 bridgehead atoms. The Hall–Kier alpha value is -2.26. The number of aryl methyl sites for hydroxylation is 3. The third kappa shape index (κ3) is 14.6. The monoisotopic (exact) mass is 549 g/mol. The highest BCUT2D eigenvalue weighted by molar-refractivity contribution is 7.11. The predicted molar refractivity (Wildman–Crippen MR) is 155 cm³/mol. The van der Waals surface area contributed by atoms with Crippen LogP contribution in [0.1, 0.15) is 80.5 Å². The molecular formula is C30H47NO6S. The summed E-state index contributed by atoms with van der Waals surface area (Å²) in [4.78, 5) is 26.1. The molecule has 1 aromatic heterocycles. The zero-order chi connectivity index (χ0) is 28.2. The van der Waals surface area contributed by atoms with E-state index in [9.17, 15) is 9.59 Å². The number of ether oxygens (including phenoxy) is 1. The molecule has 2 atom stereocenters. The van der Waals surface area contributed by atoms with Crippen molar-refractivity contribution in [2.75, 3.05) is 24.7 Å². The molecule has 1 amide bonds. The number of nitrogens with zero attached hydrogens (tertiary/aromatic N) is 1. The lowest BCUT2D eigenvalue weighted by Crippen LogP contribution is -2.24. The maximum absolute atomic E-state index is 11.6. The Bertz CT molecular complexity index is 885. The fourth-order valence-electron chi connectivity index (χ4n) is 3.99. The molecule has 0 saturated carbocycles. The van der Waals surface area contributed by atoms with Gasteiger partial charge in [-0.1, -0.05) is 51.7 Å². The van der Waals surface area contributed by atoms with Gasteiger partial charge in [-0.05, 0) is 62.4 Å². The highest BCUT2D eigenvalue weighted by Gasteiger charge is 2.21. The molecule has 2 unspecified atom stereocenters. The first-order valence-electron chi connectivity index (χ1n) is 13.8. The third-order valence-corrected chi connectivity index (χ3v) is 7.10. The van der Waals surface area contributed by atoms with Gasteiger partial charge in [0.1, 0.15) is 6.61 Å². The van der Waals surface area contributed by atoms with Crippen LogP contribution >= 0.6 is 11.3 Å². The Kier molecular flexibility index (Phi) is 18.4. The van der Waals surface area contributed by atoms with Crippen molar-refractivity contribution in [3.8, 4) is 0 Å². The molecule has 3 N–H and O–H groups in total. The maximum Gasteiger partial charge on any atom is 0.293 e. The van der Waals surface area contributed by atoms with E-state index in [2.05, 4.69) is 61.9 Å². The molecule has 38 heavy (non-hydrogen) atoms. The van der Waals surface area contributed by atoms with Crippen LogP contribution in [0.25, 0.3) is 0 Å². The molecule has 2 aromatic rings. The molecule has 3 rings (SSSR count). The number of benzene rings is 1. The van der Waals surface area contributed by atoms with Crippen LogP contribution in [0, 0.1) is 6.92 Å². The SMILES string of the molecule is CCCCCCc1ccc(N2CCCC2=O)cc1.CCCc1ccc(C)s1.O=COCC(O)CC(O)CO. The number of hydrogen-bond donors (Lipinski definition) is 3. The maximum atomic E-state index is 11.6. The van der Waals surface area contributed by atoms with E-state index in [0.717, 1.165) is 25.1 Å². The van der Waals surface area contributed by atoms with Crippen LogP contribution < -0.4 is 4.90 Å². The lowest BCUT2D eigenvalue weighted by molar-refractivity contribution is -0.132. The van der Waals surface area contributed by atoms with Crippen LogP contribution in [0.3, 0.4) is 0 Å². The van der Waals surface area contributed by atoms with Gasteiger partial charge in [0.2, 0.25) is 5.91 Å². The van der Waals surface area contributed by atoms with E-state index < -0.39 is 18.8 Å². The number of carbonyl (C=O) groups is 2. The average Bonchev–Trinajstić information content (AvgIpc) is 3.54. The Morgan fingerprint density at radius 1 is 1.00 bits per heavy atom. The summed E-state index contributed by atoms with van der Waals surface area (Å²) < 4.78 is 4.22. The summed E-state index contributed by atoms with van der Waals surface area (Å²) in [5, 5.41) is 26.0. The molecule has 1 aromatic carbocycles. The van der Waals surface area contributed by atoms with Crippen LogP contribution in [-0.2, 0) is 27.2 Å². The summed E-state index contributed by atoms with van der Waals surface area (Å²) in [5.41, 5.74) is 2.45. The number of aliphatic hydroxyl groups excluding tert-OH is 3. The van der Waals surface area contributed by atoms with E-state index in [4.69, 9.17) is 15.3 Å². The lowest BCUT2D eigenvalue weighted by atomic mass is 10.1. The molecule has 1 aliphatic rings. The second-order valence-electron chi connectivity index (χ2n) is 9.54. The Morgan fingerprint density at radius 2 is 1.74 bits per heavy atom. The second kappa shape index (κ2) is 20.7. The van der Waals surface area contributed by atoms with E-state index in [0.29, 0.717) is 6.42 Å². The van der Waals surface area contributed by atoms with Gasteiger partial charge in [-0.15, -0.1) is 11.3 Å². The molecule has 0 radical (unpaired) electrons. The Balaban J connectivity index is 0.000000310. The van der Waals surface area contributed by atoms with Gasteiger partial charge < -0.3 is 25.0 Å². The number of hydrogen-bond acceptors (Lipinski definition) is 7. The van der Waals surface area contributed by atoms with Crippen LogP contribution in [0.15, 0.2) is 36.4 Å². The van der Waals surface area contributed by atoms with Crippen molar-refractivity contribution < 1.29 is 29.6 Å². The summed E-state index contributed by atoms with van der Waals surface area (Å²) in [6.07, 6.45) is 8.73. The van der Waals surface area contributed by atoms with Gasteiger partial charge in [-0.3, -0.25) is 9.59 Å². The van der Waals surface area contributed by atoms with Crippen molar-refractivity contribution in [2.45, 2.75) is 97.2 Å². The molecule has 214 valence electrons. The van der Waals surface area contributed by atoms with Crippen LogP contribution in [0.4, 0.5) is 5.69 Å². The summed E-state index contributed by atoms with van der Waals surface area (Å²) in [7, 11) is 0. The van der Waals surface area contributed by atoms with Gasteiger partial charge in [-0.25, -0.2) is 0 Å². The molecule has 7 nitrogen and oxygen atoms in total. The van der Waals surface area contributed by atoms with Gasteiger partial charge in [0, 0.05) is 34.8 Å². The summed E-state index contributed by atoms with van der Waals surface area (Å²) in [6.45, 7) is 7.16. The number of rotatable bonds is 14. The van der Waals surface area contributed by atoms with E-state index in [1.54, 1.807) is 0 Å². The van der Waals surface area contributed by atoms with E-state index in [1.165, 1.54) is 53.8 Å². The van der Waals surface area contributed by atoms with Gasteiger partial charge >= 0.3 is 0 Å². The Morgan fingerprint density at radius 3 is 2.26 bits per heavy atom. The molecule has 0 spiro atoms. The van der Waals surface area contributed by atoms with Gasteiger partial charge in [-0.2, -0.15) is 0 Å². The third-order valence-electron chi connectivity index (χ3n) is 6.04. The molecule has 1 saturated heterocycles. The fraction of sp³-hybridized carbons (Fsp3) is 0.600. The smallest absolute Gasteiger partial charge is 0.293 e. The first kappa shape index (κ1) is 33.8. The van der Waals surface area contributed by atoms with Crippen molar-refractivity contribution in [3.05, 3.63) is 51.7 Å². The van der Waals surface area contributed by atoms with Crippen molar-refractivity contribution in [3.63, 3.8) is 0 Å². The highest BCUT2D eigenvalue weighted by Crippen LogP contribution is 2.22. The molecule has 0 aliphatic carbocycles. The van der Waals surface area contributed by atoms with Crippen molar-refractivity contribution in [1.29, 1.82) is 0 Å². The standard InChI is InChI=1S/C16H23NO.C8H12S.C6H12O5/c1-2-3-4-5-7-14-9-11-15(12-10-14)17-13-6-8-16(17)18;1-3-4-8-6-5-7(2)9-8;7-2-5(9)1-6(10)3-11-4-8/h9-12H,2-8,13H2,1H3;5-6H,3-4H2,1-2H3;4-7,9-10H,1-3H2. The quantitative estimate of drug-likeness (QED) is 0.221. The summed E-state index contributed by atoms with van der Waals surface area (Å²) >= 11 is 1.91. The highest BCUT2D eigenvalue weighted by atomic mass is 32.1. The first-order valence-corrected chi connectivity index (χ1v) is 14.6. The number of anilines is 1. The molecular weight excluding hydrogens is 502 g/mol. The average molecular weight is 550 g/mol. The van der Waals surface area contributed by atoms with Gasteiger partial charge in [0.25, 0.3) is 6.47 Å². The summed E-state index contributed by atoms with van der Waals surface area (Å²) in [5.74, 6) is 0.269. The molecule has 1 fully saturated rings. The van der Waals surface area contributed by atoms with E-state index in [-0.39, 0.29) is 25.4 Å². The normalized spacial score (nSPS) is 14.2. The summed E-state index contributed by atoms with van der Waals surface area (Å²) in [6, 6.07) is 13.0. The number of carbonyl (C=O) groups excluding carboxylic acids is 2. The van der Waals surface area contributed by atoms with Crippen LogP contribution in [-0.4, -0.2) is 59.7 Å². The number of amides is 1. The minimum absolute atomic E-state index is 0.00431. The zero-order valence-corrected chi connectivity index (χ0v) is 24.1. The predicted octanol–water partition coefficient (Wildman–Crippen LogP) is 5.21. The first-order chi connectivity index (χ1) is 18.3. The second-order valence-corrected chi connectivity index (χ2v) is 10.9. The zero-order valence-electron chi connectivity index (χ0n) is 23.3. The number of thiophene rings is 1. The van der Waals surface area contributed by atoms with Crippen LogP contribution in [0.5, 0.6) is 0 Å². The lowest BCUT2D eigenvalue weighted by Gasteiger charge is -2.15. The largest absolute Gasteiger partial charge is 0.465 e. The van der Waals surface area contributed by atoms with Crippen molar-refractivity contribution >= 4 is 29.4 Å². The number of aliphatic hydroxyl groups is 3. The molecule has 8 heteroatoms. The minimum Gasteiger partial charge on any atom is -0.465 e. The molecule has 2 heterocycles. The van der Waals surface area contributed by atoms with Crippen molar-refractivity contribution in [1.82, 2.24) is 0 Å². The minimum atomic E-state index is -0.958. The fourth-order valence-corrected chi connectivity index (χ4v) is 4.98. The van der Waals surface area contributed by atoms with Gasteiger partial charge in [0.05, 0.1) is 18.8 Å². The van der Waals surface area contributed by atoms with Crippen LogP contribution in [0.2, 0.25) is 0 Å². The number of unbranched alkanes of at least 4 members (excludes halogenated alkanes) is 3. The van der Waals surface area contributed by atoms with E-state index >= 15 is 0 Å². The van der Waals surface area contributed by atoms with Gasteiger partial charge in [0.15, 0.2) is 0 Å². The molecule has 1 aliphatic heterocycles. The topological polar surface area (TPSA) is 107 Å². The van der Waals surface area contributed by atoms with Crippen molar-refractivity contribution in [2.24, 2.45) is 0 Å².